The fraction of sp³-hybridized carbons (Fsp3) is 0.0625. The summed E-state index contributed by atoms with van der Waals surface area (Å²) in [5.74, 6) is 0.731. The predicted molar refractivity (Wildman–Crippen MR) is 79.3 cm³/mol. The molecule has 3 aromatic rings. The molecule has 0 heterocycles. The maximum atomic E-state index is 12.1. The molecule has 19 heavy (non-hydrogen) atoms. The minimum Gasteiger partial charge on any atom is -0.497 e. The molecule has 0 aliphatic rings. The van der Waals surface area contributed by atoms with Crippen molar-refractivity contribution in [3.05, 3.63) is 63.8 Å². The van der Waals surface area contributed by atoms with E-state index in [-0.39, 0.29) is 5.43 Å². The number of ether oxygens (including phenoxy) is 1. The molecule has 0 radical (unpaired) electrons. The van der Waals surface area contributed by atoms with Gasteiger partial charge in [0.05, 0.1) is 7.11 Å². The molecule has 0 atom stereocenters. The average Bonchev–Trinajstić information content (AvgIpc) is 2.56. The highest BCUT2D eigenvalue weighted by Crippen LogP contribution is 2.27. The molecule has 2 nitrogen and oxygen atoms in total. The summed E-state index contributed by atoms with van der Waals surface area (Å²) in [6.07, 6.45) is 0. The van der Waals surface area contributed by atoms with Gasteiger partial charge in [0.1, 0.15) is 5.75 Å². The summed E-state index contributed by atoms with van der Waals surface area (Å²) in [6, 6.07) is 14.5. The largest absolute Gasteiger partial charge is 0.497 e. The fourth-order valence-corrected chi connectivity index (χ4v) is 2.44. The first-order chi connectivity index (χ1) is 9.19. The van der Waals surface area contributed by atoms with Gasteiger partial charge in [-0.3, -0.25) is 4.79 Å². The molecule has 0 bridgehead atoms. The number of rotatable bonds is 1. The van der Waals surface area contributed by atoms with E-state index >= 15 is 0 Å². The maximum Gasteiger partial charge on any atom is 0.186 e. The second-order valence-corrected chi connectivity index (χ2v) is 4.78. The van der Waals surface area contributed by atoms with Crippen LogP contribution in [-0.2, 0) is 0 Å². The quantitative estimate of drug-likeness (QED) is 0.668. The van der Waals surface area contributed by atoms with Gasteiger partial charge in [0.25, 0.3) is 0 Å². The number of methoxy groups -OCH3 is 1. The van der Waals surface area contributed by atoms with Crippen molar-refractivity contribution in [2.24, 2.45) is 0 Å². The van der Waals surface area contributed by atoms with Gasteiger partial charge in [-0.25, -0.2) is 0 Å². The maximum absolute atomic E-state index is 12.1. The molecule has 0 aliphatic carbocycles. The van der Waals surface area contributed by atoms with Crippen molar-refractivity contribution in [2.75, 3.05) is 7.11 Å². The number of fused-ring (bicyclic) bond motifs is 3. The smallest absolute Gasteiger partial charge is 0.186 e. The molecule has 0 amide bonds. The van der Waals surface area contributed by atoms with Crippen LogP contribution in [0.25, 0.3) is 21.5 Å². The molecule has 0 saturated heterocycles. The lowest BCUT2D eigenvalue weighted by Crippen LogP contribution is -1.94. The van der Waals surface area contributed by atoms with Crippen LogP contribution in [0.3, 0.4) is 0 Å². The highest BCUT2D eigenvalue weighted by atomic mass is 35.5. The number of hydrogen-bond donors (Lipinski definition) is 0. The van der Waals surface area contributed by atoms with Gasteiger partial charge in [-0.15, -0.1) is 0 Å². The Bertz CT molecular complexity index is 841. The molecule has 0 N–H and O–H groups in total. The van der Waals surface area contributed by atoms with Gasteiger partial charge in [0, 0.05) is 10.4 Å². The van der Waals surface area contributed by atoms with E-state index in [1.54, 1.807) is 31.4 Å². The third-order valence-corrected chi connectivity index (χ3v) is 3.45. The third kappa shape index (κ3) is 2.04. The summed E-state index contributed by atoms with van der Waals surface area (Å²) in [5.41, 5.74) is -0.00928. The Kier molecular flexibility index (Phi) is 2.88. The molecular formula is C16H11ClO2. The summed E-state index contributed by atoms with van der Waals surface area (Å²) in [6.45, 7) is 0. The number of benzene rings is 2. The summed E-state index contributed by atoms with van der Waals surface area (Å²) < 4.78 is 5.24. The first kappa shape index (κ1) is 12.0. The van der Waals surface area contributed by atoms with Crippen molar-refractivity contribution in [3.63, 3.8) is 0 Å². The summed E-state index contributed by atoms with van der Waals surface area (Å²) >= 11 is 6.01. The van der Waals surface area contributed by atoms with E-state index in [4.69, 9.17) is 16.3 Å². The van der Waals surface area contributed by atoms with Crippen LogP contribution in [0.4, 0.5) is 0 Å². The monoisotopic (exact) mass is 270 g/mol. The summed E-state index contributed by atoms with van der Waals surface area (Å²) in [7, 11) is 1.61. The van der Waals surface area contributed by atoms with E-state index in [9.17, 15) is 4.79 Å². The lowest BCUT2D eigenvalue weighted by Gasteiger charge is -2.02. The van der Waals surface area contributed by atoms with Crippen molar-refractivity contribution in [1.82, 2.24) is 0 Å². The first-order valence-electron chi connectivity index (χ1n) is 5.89. The van der Waals surface area contributed by atoms with Crippen molar-refractivity contribution >= 4 is 33.1 Å². The van der Waals surface area contributed by atoms with Gasteiger partial charge in [-0.1, -0.05) is 23.7 Å². The zero-order valence-corrected chi connectivity index (χ0v) is 11.1. The second kappa shape index (κ2) is 4.56. The molecule has 3 rings (SSSR count). The average molecular weight is 271 g/mol. The zero-order valence-electron chi connectivity index (χ0n) is 10.3. The Hall–Kier alpha value is -2.06. The van der Waals surface area contributed by atoms with Crippen LogP contribution in [0.5, 0.6) is 5.75 Å². The van der Waals surface area contributed by atoms with Gasteiger partial charge >= 0.3 is 0 Å². The van der Waals surface area contributed by atoms with Crippen LogP contribution >= 0.6 is 11.6 Å². The van der Waals surface area contributed by atoms with Crippen molar-refractivity contribution < 1.29 is 4.74 Å². The molecule has 94 valence electrons. The van der Waals surface area contributed by atoms with Crippen molar-refractivity contribution in [3.8, 4) is 5.75 Å². The molecule has 3 aromatic carbocycles. The Morgan fingerprint density at radius 1 is 0.895 bits per heavy atom. The molecule has 0 saturated carbocycles. The zero-order chi connectivity index (χ0) is 13.4. The van der Waals surface area contributed by atoms with Crippen LogP contribution in [0.1, 0.15) is 0 Å². The van der Waals surface area contributed by atoms with E-state index in [2.05, 4.69) is 0 Å². The van der Waals surface area contributed by atoms with E-state index in [1.165, 1.54) is 0 Å². The summed E-state index contributed by atoms with van der Waals surface area (Å²) in [4.78, 5) is 12.1. The molecule has 0 unspecified atom stereocenters. The minimum atomic E-state index is -0.00928. The first-order valence-corrected chi connectivity index (χ1v) is 6.27. The van der Waals surface area contributed by atoms with Crippen LogP contribution < -0.4 is 10.2 Å². The van der Waals surface area contributed by atoms with Gasteiger partial charge in [-0.2, -0.15) is 0 Å². The molecule has 0 spiro atoms. The minimum absolute atomic E-state index is 0.00928. The lowest BCUT2D eigenvalue weighted by molar-refractivity contribution is 0.415. The van der Waals surface area contributed by atoms with Crippen LogP contribution in [0.2, 0.25) is 5.02 Å². The fourth-order valence-electron chi connectivity index (χ4n) is 2.26. The molecule has 0 fully saturated rings. The predicted octanol–water partition coefficient (Wildman–Crippen LogP) is 4.02. The highest BCUT2D eigenvalue weighted by Gasteiger charge is 2.04. The lowest BCUT2D eigenvalue weighted by atomic mass is 10.1. The van der Waals surface area contributed by atoms with Crippen LogP contribution in [-0.4, -0.2) is 7.11 Å². The Morgan fingerprint density at radius 3 is 2.47 bits per heavy atom. The van der Waals surface area contributed by atoms with Gasteiger partial charge in [0.15, 0.2) is 5.43 Å². The normalized spacial score (nSPS) is 10.8. The van der Waals surface area contributed by atoms with Crippen LogP contribution in [0, 0.1) is 0 Å². The second-order valence-electron chi connectivity index (χ2n) is 4.34. The SMILES string of the molecule is COc1ccc2c(=O)ccc3cc(Cl)ccc3c2c1. The van der Waals surface area contributed by atoms with E-state index in [0.29, 0.717) is 10.4 Å². The third-order valence-electron chi connectivity index (χ3n) is 3.21. The van der Waals surface area contributed by atoms with Crippen molar-refractivity contribution in [1.29, 1.82) is 0 Å². The molecular weight excluding hydrogens is 260 g/mol. The number of hydrogen-bond acceptors (Lipinski definition) is 2. The highest BCUT2D eigenvalue weighted by molar-refractivity contribution is 6.31. The van der Waals surface area contributed by atoms with Gasteiger partial charge in [0.2, 0.25) is 0 Å². The van der Waals surface area contributed by atoms with Crippen molar-refractivity contribution in [2.45, 2.75) is 0 Å². The Labute approximate surface area is 115 Å². The summed E-state index contributed by atoms with van der Waals surface area (Å²) in [5, 5.41) is 4.13. The molecule has 0 aliphatic heterocycles. The number of halogens is 1. The van der Waals surface area contributed by atoms with E-state index in [1.807, 2.05) is 24.3 Å². The van der Waals surface area contributed by atoms with Gasteiger partial charge in [-0.05, 0) is 52.6 Å². The van der Waals surface area contributed by atoms with E-state index in [0.717, 1.165) is 21.9 Å². The molecule has 3 heteroatoms. The Balaban J connectivity index is 2.59. The van der Waals surface area contributed by atoms with Crippen LogP contribution in [0.15, 0.2) is 53.3 Å². The van der Waals surface area contributed by atoms with E-state index < -0.39 is 0 Å². The topological polar surface area (TPSA) is 26.3 Å². The standard InChI is InChI=1S/C16H11ClO2/c1-19-12-4-6-14-15(9-12)13-5-3-11(17)8-10(13)2-7-16(14)18/h2-9H,1H3. The Morgan fingerprint density at radius 2 is 1.68 bits per heavy atom. The van der Waals surface area contributed by atoms with Gasteiger partial charge < -0.3 is 4.74 Å². The molecule has 0 aromatic heterocycles.